The third-order valence-corrected chi connectivity index (χ3v) is 5.46. The number of urea groups is 1. The fourth-order valence-electron chi connectivity index (χ4n) is 3.48. The second-order valence-electron chi connectivity index (χ2n) is 7.58. The van der Waals surface area contributed by atoms with E-state index in [9.17, 15) is 9.59 Å². The average Bonchev–Trinajstić information content (AvgIpc) is 3.17. The zero-order valence-electron chi connectivity index (χ0n) is 15.7. The molecule has 1 aliphatic heterocycles. The molecular weight excluding hydrogens is 410 g/mol. The zero-order valence-corrected chi connectivity index (χ0v) is 17.3. The van der Waals surface area contributed by atoms with Gasteiger partial charge >= 0.3 is 6.03 Å². The van der Waals surface area contributed by atoms with Crippen LogP contribution < -0.4 is 10.6 Å². The minimum absolute atomic E-state index is 0.0296. The highest BCUT2D eigenvalue weighted by atomic mass is 79.9. The first-order chi connectivity index (χ1) is 12.7. The van der Waals surface area contributed by atoms with Crippen LogP contribution in [-0.2, 0) is 11.8 Å². The van der Waals surface area contributed by atoms with E-state index in [1.54, 1.807) is 16.8 Å². The Morgan fingerprint density at radius 1 is 1.30 bits per heavy atom. The summed E-state index contributed by atoms with van der Waals surface area (Å²) in [6.45, 7) is 5.57. The summed E-state index contributed by atoms with van der Waals surface area (Å²) in [4.78, 5) is 26.4. The van der Waals surface area contributed by atoms with Crippen LogP contribution in [0.4, 0.5) is 10.5 Å². The molecule has 1 fully saturated rings. The normalized spacial score (nSPS) is 18.4. The van der Waals surface area contributed by atoms with Gasteiger partial charge in [0.15, 0.2) is 0 Å². The van der Waals surface area contributed by atoms with Gasteiger partial charge in [-0.2, -0.15) is 5.10 Å². The standard InChI is InChI=1S/C19H24BrN5O2/c1-19(2)12-25(11-16(19)13-8-22-24(3)10-13)17(26)9-21-18(27)23-15-6-4-14(20)5-7-15/h4-8,10,16H,9,11-12H2,1-3H3,(H2,21,23,27). The molecule has 0 saturated carbocycles. The molecule has 0 bridgehead atoms. The third kappa shape index (κ3) is 4.68. The Labute approximate surface area is 167 Å². The molecule has 0 radical (unpaired) electrons. The van der Waals surface area contributed by atoms with Crippen molar-refractivity contribution in [1.29, 1.82) is 0 Å². The van der Waals surface area contributed by atoms with Crippen molar-refractivity contribution in [3.05, 3.63) is 46.7 Å². The molecule has 144 valence electrons. The summed E-state index contributed by atoms with van der Waals surface area (Å²) in [7, 11) is 1.89. The molecule has 1 aromatic heterocycles. The van der Waals surface area contributed by atoms with Gasteiger partial charge in [-0.15, -0.1) is 0 Å². The monoisotopic (exact) mass is 433 g/mol. The lowest BCUT2D eigenvalue weighted by Crippen LogP contribution is -2.41. The summed E-state index contributed by atoms with van der Waals surface area (Å²) in [5.74, 6) is 0.146. The molecule has 3 rings (SSSR count). The molecule has 7 nitrogen and oxygen atoms in total. The molecule has 1 aromatic carbocycles. The van der Waals surface area contributed by atoms with E-state index in [4.69, 9.17) is 0 Å². The number of benzene rings is 1. The van der Waals surface area contributed by atoms with E-state index in [1.807, 2.05) is 36.5 Å². The van der Waals surface area contributed by atoms with Gasteiger partial charge in [-0.05, 0) is 35.2 Å². The average molecular weight is 434 g/mol. The lowest BCUT2D eigenvalue weighted by atomic mass is 9.79. The van der Waals surface area contributed by atoms with Gasteiger partial charge in [-0.25, -0.2) is 4.79 Å². The third-order valence-electron chi connectivity index (χ3n) is 4.93. The Morgan fingerprint density at radius 3 is 2.63 bits per heavy atom. The summed E-state index contributed by atoms with van der Waals surface area (Å²) < 4.78 is 2.72. The molecule has 2 aromatic rings. The molecule has 1 atom stereocenters. The molecular formula is C19H24BrN5O2. The second-order valence-corrected chi connectivity index (χ2v) is 8.49. The van der Waals surface area contributed by atoms with Crippen LogP contribution in [0.3, 0.4) is 0 Å². The van der Waals surface area contributed by atoms with Gasteiger partial charge in [0.2, 0.25) is 5.91 Å². The first-order valence-electron chi connectivity index (χ1n) is 8.81. The van der Waals surface area contributed by atoms with Gasteiger partial charge in [-0.3, -0.25) is 9.48 Å². The summed E-state index contributed by atoms with van der Waals surface area (Å²) in [6, 6.07) is 6.85. The maximum atomic E-state index is 12.6. The Bertz CT molecular complexity index is 831. The second kappa shape index (κ2) is 7.72. The number of likely N-dealkylation sites (tertiary alicyclic amines) is 1. The number of anilines is 1. The molecule has 0 spiro atoms. The van der Waals surface area contributed by atoms with Crippen LogP contribution in [0.5, 0.6) is 0 Å². The summed E-state index contributed by atoms with van der Waals surface area (Å²) in [5.41, 5.74) is 1.76. The SMILES string of the molecule is Cn1cc(C2CN(C(=O)CNC(=O)Nc3ccc(Br)cc3)CC2(C)C)cn1. The number of rotatable bonds is 4. The van der Waals surface area contributed by atoms with Gasteiger partial charge in [-0.1, -0.05) is 29.8 Å². The number of aromatic nitrogens is 2. The van der Waals surface area contributed by atoms with E-state index >= 15 is 0 Å². The van der Waals surface area contributed by atoms with Crippen molar-refractivity contribution >= 4 is 33.6 Å². The van der Waals surface area contributed by atoms with Crippen molar-refractivity contribution in [3.63, 3.8) is 0 Å². The van der Waals surface area contributed by atoms with E-state index in [-0.39, 0.29) is 23.8 Å². The number of nitrogens with one attached hydrogen (secondary N) is 2. The lowest BCUT2D eigenvalue weighted by molar-refractivity contribution is -0.129. The van der Waals surface area contributed by atoms with Crippen molar-refractivity contribution in [3.8, 4) is 0 Å². The molecule has 1 saturated heterocycles. The van der Waals surface area contributed by atoms with E-state index in [0.717, 1.165) is 10.0 Å². The van der Waals surface area contributed by atoms with Crippen LogP contribution in [0.2, 0.25) is 0 Å². The molecule has 0 aliphatic carbocycles. The zero-order chi connectivity index (χ0) is 19.6. The predicted octanol–water partition coefficient (Wildman–Crippen LogP) is 2.96. The Hall–Kier alpha value is -2.35. The van der Waals surface area contributed by atoms with Crippen LogP contribution in [-0.4, -0.2) is 46.3 Å². The van der Waals surface area contributed by atoms with E-state index in [0.29, 0.717) is 18.8 Å². The van der Waals surface area contributed by atoms with Crippen molar-refractivity contribution in [2.24, 2.45) is 12.5 Å². The Balaban J connectivity index is 1.53. The highest BCUT2D eigenvalue weighted by molar-refractivity contribution is 9.10. The van der Waals surface area contributed by atoms with Crippen molar-refractivity contribution in [1.82, 2.24) is 20.0 Å². The number of nitrogens with zero attached hydrogens (tertiary/aromatic N) is 3. The molecule has 8 heteroatoms. The number of hydrogen-bond acceptors (Lipinski definition) is 3. The molecule has 2 N–H and O–H groups in total. The highest BCUT2D eigenvalue weighted by Gasteiger charge is 2.42. The minimum Gasteiger partial charge on any atom is -0.340 e. The van der Waals surface area contributed by atoms with Crippen molar-refractivity contribution in [2.45, 2.75) is 19.8 Å². The maximum absolute atomic E-state index is 12.6. The molecule has 2 heterocycles. The van der Waals surface area contributed by atoms with Gasteiger partial charge in [0.25, 0.3) is 0 Å². The first-order valence-corrected chi connectivity index (χ1v) is 9.60. The maximum Gasteiger partial charge on any atom is 0.319 e. The predicted molar refractivity (Wildman–Crippen MR) is 107 cm³/mol. The topological polar surface area (TPSA) is 79.3 Å². The van der Waals surface area contributed by atoms with Crippen LogP contribution in [0, 0.1) is 5.41 Å². The number of amides is 3. The van der Waals surface area contributed by atoms with E-state index in [1.165, 1.54) is 0 Å². The Kier molecular flexibility index (Phi) is 5.55. The quantitative estimate of drug-likeness (QED) is 0.777. The first kappa shape index (κ1) is 19.4. The molecule has 1 aliphatic rings. The van der Waals surface area contributed by atoms with Crippen LogP contribution in [0.15, 0.2) is 41.1 Å². The largest absolute Gasteiger partial charge is 0.340 e. The smallest absolute Gasteiger partial charge is 0.319 e. The molecule has 27 heavy (non-hydrogen) atoms. The van der Waals surface area contributed by atoms with Crippen LogP contribution in [0.25, 0.3) is 0 Å². The summed E-state index contributed by atoms with van der Waals surface area (Å²) >= 11 is 3.35. The van der Waals surface area contributed by atoms with Crippen LogP contribution in [0.1, 0.15) is 25.3 Å². The van der Waals surface area contributed by atoms with Crippen LogP contribution >= 0.6 is 15.9 Å². The van der Waals surface area contributed by atoms with E-state index < -0.39 is 6.03 Å². The molecule has 1 unspecified atom stereocenters. The number of carbonyl (C=O) groups excluding carboxylic acids is 2. The minimum atomic E-state index is -0.395. The van der Waals surface area contributed by atoms with Gasteiger partial charge < -0.3 is 15.5 Å². The number of halogens is 1. The molecule has 3 amide bonds. The van der Waals surface area contributed by atoms with Gasteiger partial charge in [0.1, 0.15) is 0 Å². The van der Waals surface area contributed by atoms with Gasteiger partial charge in [0, 0.05) is 42.4 Å². The summed E-state index contributed by atoms with van der Waals surface area (Å²) in [6.07, 6.45) is 3.87. The highest BCUT2D eigenvalue weighted by Crippen LogP contribution is 2.42. The fraction of sp³-hybridized carbons (Fsp3) is 0.421. The number of hydrogen-bond donors (Lipinski definition) is 2. The van der Waals surface area contributed by atoms with Crippen molar-refractivity contribution in [2.75, 3.05) is 25.0 Å². The van der Waals surface area contributed by atoms with Gasteiger partial charge in [0.05, 0.1) is 12.7 Å². The number of carbonyl (C=O) groups is 2. The van der Waals surface area contributed by atoms with Crippen molar-refractivity contribution < 1.29 is 9.59 Å². The lowest BCUT2D eigenvalue weighted by Gasteiger charge is -2.24. The van der Waals surface area contributed by atoms with E-state index in [2.05, 4.69) is 45.5 Å². The Morgan fingerprint density at radius 2 is 2.00 bits per heavy atom. The fourth-order valence-corrected chi connectivity index (χ4v) is 3.74. The number of aryl methyl sites for hydroxylation is 1. The summed E-state index contributed by atoms with van der Waals surface area (Å²) in [5, 5.41) is 9.60.